The summed E-state index contributed by atoms with van der Waals surface area (Å²) >= 11 is 6.37. The predicted molar refractivity (Wildman–Crippen MR) is 67.3 cm³/mol. The minimum absolute atomic E-state index is 0.402. The maximum Gasteiger partial charge on any atom is 0.198 e. The van der Waals surface area contributed by atoms with Crippen molar-refractivity contribution in [3.8, 4) is 11.8 Å². The molecule has 1 atom stereocenters. The number of hydrogen-bond donors (Lipinski definition) is 0. The first kappa shape index (κ1) is 12.3. The fourth-order valence-electron chi connectivity index (χ4n) is 1.57. The van der Waals surface area contributed by atoms with Gasteiger partial charge in [-0.3, -0.25) is 9.97 Å². The standard InChI is InChI=1S/C13H10ClN3O/c1-18-11-4-2-10(3-5-11)13(14,9-15)12-8-16-6-7-17-12/h2-8H,1H3. The number of ether oxygens (including phenoxy) is 1. The third kappa shape index (κ3) is 2.13. The van der Waals surface area contributed by atoms with Crippen LogP contribution in [0.4, 0.5) is 0 Å². The van der Waals surface area contributed by atoms with Crippen molar-refractivity contribution in [2.24, 2.45) is 0 Å². The Balaban J connectivity index is 2.47. The normalized spacial score (nSPS) is 13.4. The summed E-state index contributed by atoms with van der Waals surface area (Å²) in [5.74, 6) is 0.704. The van der Waals surface area contributed by atoms with Crippen LogP contribution >= 0.6 is 11.6 Å². The molecule has 0 saturated heterocycles. The van der Waals surface area contributed by atoms with Gasteiger partial charge in [-0.1, -0.05) is 23.7 Å². The van der Waals surface area contributed by atoms with Crippen LogP contribution in [-0.2, 0) is 4.87 Å². The molecule has 90 valence electrons. The van der Waals surface area contributed by atoms with Crippen molar-refractivity contribution < 1.29 is 4.74 Å². The van der Waals surface area contributed by atoms with Gasteiger partial charge in [0.1, 0.15) is 5.75 Å². The second-order valence-electron chi connectivity index (χ2n) is 3.59. The fraction of sp³-hybridized carbons (Fsp3) is 0.154. The number of nitrogens with zero attached hydrogens (tertiary/aromatic N) is 3. The van der Waals surface area contributed by atoms with Crippen LogP contribution in [0.3, 0.4) is 0 Å². The summed E-state index contributed by atoms with van der Waals surface area (Å²) in [6.07, 6.45) is 4.53. The SMILES string of the molecule is COc1ccc(C(Cl)(C#N)c2cnccn2)cc1. The maximum atomic E-state index is 9.34. The zero-order valence-corrected chi connectivity index (χ0v) is 10.4. The largest absolute Gasteiger partial charge is 0.497 e. The van der Waals surface area contributed by atoms with Gasteiger partial charge in [0.25, 0.3) is 0 Å². The summed E-state index contributed by atoms with van der Waals surface area (Å²) < 4.78 is 5.07. The van der Waals surface area contributed by atoms with E-state index in [2.05, 4.69) is 16.0 Å². The number of halogens is 1. The van der Waals surface area contributed by atoms with E-state index in [1.165, 1.54) is 18.6 Å². The van der Waals surface area contributed by atoms with Gasteiger partial charge in [-0.05, 0) is 17.7 Å². The molecule has 4 nitrogen and oxygen atoms in total. The highest BCUT2D eigenvalue weighted by atomic mass is 35.5. The second-order valence-corrected chi connectivity index (χ2v) is 4.16. The maximum absolute atomic E-state index is 9.34. The molecular formula is C13H10ClN3O. The Morgan fingerprint density at radius 2 is 2.00 bits per heavy atom. The van der Waals surface area contributed by atoms with Crippen LogP contribution in [0.2, 0.25) is 0 Å². The Kier molecular flexibility index (Phi) is 3.45. The molecule has 0 N–H and O–H groups in total. The molecule has 0 aliphatic heterocycles. The molecule has 1 aromatic heterocycles. The van der Waals surface area contributed by atoms with E-state index in [9.17, 15) is 5.26 Å². The van der Waals surface area contributed by atoms with Crippen molar-refractivity contribution in [2.75, 3.05) is 7.11 Å². The molecule has 1 heterocycles. The van der Waals surface area contributed by atoms with Crippen molar-refractivity contribution in [3.63, 3.8) is 0 Å². The summed E-state index contributed by atoms with van der Waals surface area (Å²) in [7, 11) is 1.58. The summed E-state index contributed by atoms with van der Waals surface area (Å²) in [6, 6.07) is 9.05. The smallest absolute Gasteiger partial charge is 0.198 e. The van der Waals surface area contributed by atoms with Gasteiger partial charge in [-0.2, -0.15) is 5.26 Å². The Morgan fingerprint density at radius 3 is 2.50 bits per heavy atom. The Bertz CT molecular complexity index is 565. The summed E-state index contributed by atoms with van der Waals surface area (Å²) in [6.45, 7) is 0. The van der Waals surface area contributed by atoms with Gasteiger partial charge < -0.3 is 4.74 Å². The van der Waals surface area contributed by atoms with Crippen molar-refractivity contribution in [3.05, 3.63) is 54.1 Å². The molecule has 0 bridgehead atoms. The van der Waals surface area contributed by atoms with Gasteiger partial charge >= 0.3 is 0 Å². The van der Waals surface area contributed by atoms with E-state index in [1.807, 2.05) is 0 Å². The van der Waals surface area contributed by atoms with Crippen molar-refractivity contribution in [1.29, 1.82) is 5.26 Å². The summed E-state index contributed by atoms with van der Waals surface area (Å²) in [5.41, 5.74) is 1.03. The lowest BCUT2D eigenvalue weighted by atomic mass is 9.96. The third-order valence-electron chi connectivity index (χ3n) is 2.56. The van der Waals surface area contributed by atoms with Crippen LogP contribution in [0.5, 0.6) is 5.75 Å². The number of methoxy groups -OCH3 is 1. The minimum Gasteiger partial charge on any atom is -0.497 e. The second kappa shape index (κ2) is 5.03. The van der Waals surface area contributed by atoms with E-state index in [1.54, 1.807) is 31.4 Å². The van der Waals surface area contributed by atoms with Crippen molar-refractivity contribution in [2.45, 2.75) is 4.87 Å². The molecule has 0 spiro atoms. The molecule has 5 heteroatoms. The number of aromatic nitrogens is 2. The van der Waals surface area contributed by atoms with E-state index in [0.29, 0.717) is 17.0 Å². The van der Waals surface area contributed by atoms with Gasteiger partial charge in [-0.25, -0.2) is 0 Å². The molecule has 0 radical (unpaired) electrons. The molecule has 0 fully saturated rings. The molecular weight excluding hydrogens is 250 g/mol. The number of alkyl halides is 1. The highest BCUT2D eigenvalue weighted by Gasteiger charge is 2.33. The van der Waals surface area contributed by atoms with Crippen LogP contribution in [0, 0.1) is 11.3 Å². The van der Waals surface area contributed by atoms with Crippen LogP contribution in [-0.4, -0.2) is 17.1 Å². The Hall–Kier alpha value is -2.12. The van der Waals surface area contributed by atoms with Crippen molar-refractivity contribution >= 4 is 11.6 Å². The lowest BCUT2D eigenvalue weighted by Crippen LogP contribution is -2.19. The van der Waals surface area contributed by atoms with Gasteiger partial charge in [0, 0.05) is 12.4 Å². The Labute approximate surface area is 110 Å². The van der Waals surface area contributed by atoms with Crippen molar-refractivity contribution in [1.82, 2.24) is 9.97 Å². The number of rotatable bonds is 3. The minimum atomic E-state index is -1.33. The van der Waals surface area contributed by atoms with E-state index >= 15 is 0 Å². The molecule has 0 aliphatic carbocycles. The third-order valence-corrected chi connectivity index (χ3v) is 3.05. The van der Waals surface area contributed by atoms with E-state index in [0.717, 1.165) is 0 Å². The first-order chi connectivity index (χ1) is 8.70. The topological polar surface area (TPSA) is 58.8 Å². The molecule has 18 heavy (non-hydrogen) atoms. The first-order valence-electron chi connectivity index (χ1n) is 5.22. The summed E-state index contributed by atoms with van der Waals surface area (Å²) in [4.78, 5) is 6.69. The predicted octanol–water partition coefficient (Wildman–Crippen LogP) is 2.49. The van der Waals surface area contributed by atoms with Crippen LogP contribution < -0.4 is 4.74 Å². The lowest BCUT2D eigenvalue weighted by Gasteiger charge is -2.18. The van der Waals surface area contributed by atoms with E-state index < -0.39 is 4.87 Å². The van der Waals surface area contributed by atoms with E-state index in [-0.39, 0.29) is 0 Å². The number of nitriles is 1. The van der Waals surface area contributed by atoms with Crippen LogP contribution in [0.1, 0.15) is 11.3 Å². The molecule has 0 saturated carbocycles. The van der Waals surface area contributed by atoms with Crippen LogP contribution in [0.15, 0.2) is 42.9 Å². The number of benzene rings is 1. The average molecular weight is 260 g/mol. The van der Waals surface area contributed by atoms with Crippen LogP contribution in [0.25, 0.3) is 0 Å². The highest BCUT2D eigenvalue weighted by molar-refractivity contribution is 6.27. The molecule has 1 unspecified atom stereocenters. The monoisotopic (exact) mass is 259 g/mol. The lowest BCUT2D eigenvalue weighted by molar-refractivity contribution is 0.414. The fourth-order valence-corrected chi connectivity index (χ4v) is 1.79. The van der Waals surface area contributed by atoms with Gasteiger partial charge in [0.05, 0.1) is 25.1 Å². The summed E-state index contributed by atoms with van der Waals surface area (Å²) in [5, 5.41) is 9.34. The average Bonchev–Trinajstić information content (AvgIpc) is 2.47. The zero-order chi connectivity index (χ0) is 13.0. The molecule has 1 aromatic carbocycles. The highest BCUT2D eigenvalue weighted by Crippen LogP contribution is 2.35. The molecule has 0 amide bonds. The molecule has 2 aromatic rings. The molecule has 0 aliphatic rings. The van der Waals surface area contributed by atoms with E-state index in [4.69, 9.17) is 16.3 Å². The number of hydrogen-bond acceptors (Lipinski definition) is 4. The molecule has 2 rings (SSSR count). The quantitative estimate of drug-likeness (QED) is 0.795. The van der Waals surface area contributed by atoms with Gasteiger partial charge in [0.2, 0.25) is 0 Å². The van der Waals surface area contributed by atoms with Gasteiger partial charge in [-0.15, -0.1) is 0 Å². The first-order valence-corrected chi connectivity index (χ1v) is 5.59. The Morgan fingerprint density at radius 1 is 1.28 bits per heavy atom. The zero-order valence-electron chi connectivity index (χ0n) is 9.67. The van der Waals surface area contributed by atoms with Gasteiger partial charge in [0.15, 0.2) is 4.87 Å².